The third-order valence-electron chi connectivity index (χ3n) is 3.31. The number of carbonyl (C=O) groups is 1. The third-order valence-corrected chi connectivity index (χ3v) is 3.31. The molecule has 0 saturated carbocycles. The Balaban J connectivity index is 2.05. The number of carbonyl (C=O) groups excluding carboxylic acids is 1. The molecule has 1 N–H and O–H groups in total. The standard InChI is InChI=1S/C14H14N4O/c1-2-18-14(13(9-19)16-17-18)7-10-8-15-12-6-4-3-5-11(10)12/h3-6,8-9,15H,2,7H2,1H3. The van der Waals surface area contributed by atoms with Gasteiger partial charge in [-0.25, -0.2) is 4.68 Å². The van der Waals surface area contributed by atoms with E-state index in [1.165, 1.54) is 5.39 Å². The van der Waals surface area contributed by atoms with Crippen molar-refractivity contribution in [3.63, 3.8) is 0 Å². The number of nitrogens with zero attached hydrogens (tertiary/aromatic N) is 3. The number of fused-ring (bicyclic) bond motifs is 1. The highest BCUT2D eigenvalue weighted by Gasteiger charge is 2.13. The topological polar surface area (TPSA) is 63.6 Å². The number of rotatable bonds is 4. The molecule has 96 valence electrons. The van der Waals surface area contributed by atoms with Crippen molar-refractivity contribution in [1.29, 1.82) is 0 Å². The molecule has 5 heteroatoms. The van der Waals surface area contributed by atoms with Gasteiger partial charge in [0.2, 0.25) is 0 Å². The summed E-state index contributed by atoms with van der Waals surface area (Å²) in [4.78, 5) is 14.3. The number of hydrogen-bond donors (Lipinski definition) is 1. The van der Waals surface area contributed by atoms with Crippen molar-refractivity contribution in [3.05, 3.63) is 47.4 Å². The van der Waals surface area contributed by atoms with E-state index in [-0.39, 0.29) is 0 Å². The first-order chi connectivity index (χ1) is 9.33. The number of para-hydroxylation sites is 1. The summed E-state index contributed by atoms with van der Waals surface area (Å²) in [6, 6.07) is 8.11. The largest absolute Gasteiger partial charge is 0.361 e. The highest BCUT2D eigenvalue weighted by molar-refractivity contribution is 5.83. The Kier molecular flexibility index (Phi) is 2.87. The normalized spacial score (nSPS) is 11.0. The van der Waals surface area contributed by atoms with E-state index >= 15 is 0 Å². The third kappa shape index (κ3) is 1.93. The number of aryl methyl sites for hydroxylation is 1. The number of aromatic nitrogens is 4. The molecule has 0 amide bonds. The molecule has 0 aliphatic carbocycles. The minimum atomic E-state index is 0.423. The van der Waals surface area contributed by atoms with Crippen LogP contribution >= 0.6 is 0 Å². The molecule has 1 aromatic carbocycles. The molecular formula is C14H14N4O. The molecule has 0 aliphatic heterocycles. The zero-order valence-electron chi connectivity index (χ0n) is 10.6. The van der Waals surface area contributed by atoms with Crippen molar-refractivity contribution in [2.24, 2.45) is 0 Å². The molecule has 0 saturated heterocycles. The van der Waals surface area contributed by atoms with Gasteiger partial charge >= 0.3 is 0 Å². The zero-order valence-corrected chi connectivity index (χ0v) is 10.6. The van der Waals surface area contributed by atoms with Gasteiger partial charge in [-0.05, 0) is 18.6 Å². The fraction of sp³-hybridized carbons (Fsp3) is 0.214. The summed E-state index contributed by atoms with van der Waals surface area (Å²) in [5.41, 5.74) is 3.53. The van der Waals surface area contributed by atoms with Crippen LogP contribution < -0.4 is 0 Å². The second-order valence-corrected chi connectivity index (χ2v) is 4.39. The van der Waals surface area contributed by atoms with Crippen LogP contribution in [0.3, 0.4) is 0 Å². The summed E-state index contributed by atoms with van der Waals surface area (Å²) in [5, 5.41) is 9.06. The molecule has 2 aromatic heterocycles. The van der Waals surface area contributed by atoms with E-state index in [0.717, 1.165) is 23.1 Å². The van der Waals surface area contributed by atoms with Gasteiger partial charge < -0.3 is 4.98 Å². The lowest BCUT2D eigenvalue weighted by Gasteiger charge is -2.03. The van der Waals surface area contributed by atoms with Crippen molar-refractivity contribution in [2.45, 2.75) is 19.9 Å². The predicted octanol–water partition coefficient (Wildman–Crippen LogP) is 2.18. The van der Waals surface area contributed by atoms with Gasteiger partial charge in [0.25, 0.3) is 0 Å². The number of H-pyrrole nitrogens is 1. The van der Waals surface area contributed by atoms with Crippen LogP contribution in [-0.2, 0) is 13.0 Å². The van der Waals surface area contributed by atoms with E-state index in [1.54, 1.807) is 4.68 Å². The number of nitrogens with one attached hydrogen (secondary N) is 1. The lowest BCUT2D eigenvalue weighted by molar-refractivity contribution is 0.111. The quantitative estimate of drug-likeness (QED) is 0.726. The van der Waals surface area contributed by atoms with E-state index in [1.807, 2.05) is 31.3 Å². The number of benzene rings is 1. The maximum Gasteiger partial charge on any atom is 0.172 e. The zero-order chi connectivity index (χ0) is 13.2. The average molecular weight is 254 g/mol. The SMILES string of the molecule is CCn1nnc(C=O)c1Cc1c[nH]c2ccccc12. The summed E-state index contributed by atoms with van der Waals surface area (Å²) < 4.78 is 1.77. The number of aldehydes is 1. The maximum atomic E-state index is 11.0. The monoisotopic (exact) mass is 254 g/mol. The fourth-order valence-electron chi connectivity index (χ4n) is 2.33. The van der Waals surface area contributed by atoms with Crippen molar-refractivity contribution >= 4 is 17.2 Å². The van der Waals surface area contributed by atoms with Crippen molar-refractivity contribution in [2.75, 3.05) is 0 Å². The Hall–Kier alpha value is -2.43. The summed E-state index contributed by atoms with van der Waals surface area (Å²) in [6.07, 6.45) is 3.40. The smallest absolute Gasteiger partial charge is 0.172 e. The molecule has 2 heterocycles. The van der Waals surface area contributed by atoms with Crippen LogP contribution in [0.2, 0.25) is 0 Å². The molecular weight excluding hydrogens is 240 g/mol. The Morgan fingerprint density at radius 1 is 1.37 bits per heavy atom. The van der Waals surface area contributed by atoms with Crippen molar-refractivity contribution in [1.82, 2.24) is 20.0 Å². The van der Waals surface area contributed by atoms with Crippen LogP contribution in [0.25, 0.3) is 10.9 Å². The molecule has 3 rings (SSSR count). The van der Waals surface area contributed by atoms with Gasteiger partial charge in [0, 0.05) is 30.1 Å². The molecule has 0 atom stereocenters. The predicted molar refractivity (Wildman–Crippen MR) is 72.2 cm³/mol. The van der Waals surface area contributed by atoms with Crippen LogP contribution in [0.4, 0.5) is 0 Å². The van der Waals surface area contributed by atoms with Crippen LogP contribution in [0.5, 0.6) is 0 Å². The molecule has 0 spiro atoms. The Morgan fingerprint density at radius 3 is 3.00 bits per heavy atom. The minimum absolute atomic E-state index is 0.423. The minimum Gasteiger partial charge on any atom is -0.361 e. The van der Waals surface area contributed by atoms with Gasteiger partial charge in [-0.3, -0.25) is 4.79 Å². The van der Waals surface area contributed by atoms with Gasteiger partial charge in [-0.15, -0.1) is 5.10 Å². The van der Waals surface area contributed by atoms with Gasteiger partial charge in [0.15, 0.2) is 6.29 Å². The van der Waals surface area contributed by atoms with Gasteiger partial charge in [0.05, 0.1) is 5.69 Å². The Labute approximate surface area is 110 Å². The molecule has 0 unspecified atom stereocenters. The lowest BCUT2D eigenvalue weighted by atomic mass is 10.1. The van der Waals surface area contributed by atoms with E-state index in [0.29, 0.717) is 18.7 Å². The molecule has 5 nitrogen and oxygen atoms in total. The molecule has 0 fully saturated rings. The fourth-order valence-corrected chi connectivity index (χ4v) is 2.33. The average Bonchev–Trinajstić information content (AvgIpc) is 3.03. The van der Waals surface area contributed by atoms with Crippen molar-refractivity contribution in [3.8, 4) is 0 Å². The van der Waals surface area contributed by atoms with E-state index < -0.39 is 0 Å². The second-order valence-electron chi connectivity index (χ2n) is 4.39. The van der Waals surface area contributed by atoms with Gasteiger partial charge in [-0.2, -0.15) is 0 Å². The first kappa shape index (κ1) is 11.6. The summed E-state index contributed by atoms with van der Waals surface area (Å²) in [5.74, 6) is 0. The maximum absolute atomic E-state index is 11.0. The first-order valence-electron chi connectivity index (χ1n) is 6.26. The highest BCUT2D eigenvalue weighted by Crippen LogP contribution is 2.21. The summed E-state index contributed by atoms with van der Waals surface area (Å²) >= 11 is 0. The van der Waals surface area contributed by atoms with Crippen LogP contribution in [-0.4, -0.2) is 26.3 Å². The molecule has 0 radical (unpaired) electrons. The van der Waals surface area contributed by atoms with Crippen LogP contribution in [0, 0.1) is 0 Å². The molecule has 3 aromatic rings. The number of hydrogen-bond acceptors (Lipinski definition) is 3. The van der Waals surface area contributed by atoms with Crippen LogP contribution in [0.1, 0.15) is 28.7 Å². The summed E-state index contributed by atoms with van der Waals surface area (Å²) in [6.45, 7) is 2.69. The molecule has 0 aliphatic rings. The number of aromatic amines is 1. The van der Waals surface area contributed by atoms with E-state index in [9.17, 15) is 4.79 Å². The molecule has 19 heavy (non-hydrogen) atoms. The lowest BCUT2D eigenvalue weighted by Crippen LogP contribution is -2.04. The summed E-state index contributed by atoms with van der Waals surface area (Å²) in [7, 11) is 0. The molecule has 0 bridgehead atoms. The Morgan fingerprint density at radius 2 is 2.21 bits per heavy atom. The Bertz CT molecular complexity index is 726. The van der Waals surface area contributed by atoms with E-state index in [2.05, 4.69) is 21.4 Å². The van der Waals surface area contributed by atoms with Crippen molar-refractivity contribution < 1.29 is 4.79 Å². The second kappa shape index (κ2) is 4.68. The van der Waals surface area contributed by atoms with E-state index in [4.69, 9.17) is 0 Å². The highest BCUT2D eigenvalue weighted by atomic mass is 16.1. The first-order valence-corrected chi connectivity index (χ1v) is 6.26. The van der Waals surface area contributed by atoms with Gasteiger partial charge in [0.1, 0.15) is 5.69 Å². The van der Waals surface area contributed by atoms with Gasteiger partial charge in [-0.1, -0.05) is 23.4 Å². The van der Waals surface area contributed by atoms with Crippen LogP contribution in [0.15, 0.2) is 30.5 Å².